The first-order valence-electron chi connectivity index (χ1n) is 11.0. The quantitative estimate of drug-likeness (QED) is 0.189. The highest BCUT2D eigenvalue weighted by Crippen LogP contribution is 2.39. The third-order valence-electron chi connectivity index (χ3n) is 6.49. The zero-order valence-corrected chi connectivity index (χ0v) is 20.6. The summed E-state index contributed by atoms with van der Waals surface area (Å²) < 4.78 is 45.8. The van der Waals surface area contributed by atoms with Crippen LogP contribution in [0.2, 0.25) is 0 Å². The third-order valence-corrected chi connectivity index (χ3v) is 7.40. The summed E-state index contributed by atoms with van der Waals surface area (Å²) in [5.41, 5.74) is 9.02. The Labute approximate surface area is 191 Å². The Hall–Kier alpha value is -1.90. The molecular weight excluding hydrogens is 430 g/mol. The van der Waals surface area contributed by atoms with Crippen LogP contribution in [0.25, 0.3) is 16.5 Å². The summed E-state index contributed by atoms with van der Waals surface area (Å²) in [5.74, 6) is 0. The van der Waals surface area contributed by atoms with E-state index in [1.807, 2.05) is 0 Å². The Kier molecular flexibility index (Phi) is 8.53. The molecule has 0 aromatic heterocycles. The minimum Gasteiger partial charge on any atom is -0.346 e. The van der Waals surface area contributed by atoms with Crippen LogP contribution in [0.15, 0.2) is 34.3 Å². The largest absolute Gasteiger partial charge is 0.346 e. The van der Waals surface area contributed by atoms with Crippen molar-refractivity contribution in [1.82, 2.24) is 0 Å². The molecule has 9 heteroatoms. The smallest absolute Gasteiger partial charge is 0.295 e. The first-order chi connectivity index (χ1) is 14.8. The van der Waals surface area contributed by atoms with E-state index in [0.717, 1.165) is 31.7 Å². The van der Waals surface area contributed by atoms with Crippen LogP contribution in [-0.2, 0) is 19.6 Å². The molecule has 1 heterocycles. The summed E-state index contributed by atoms with van der Waals surface area (Å²) in [4.78, 5) is 2.31. The second-order valence-corrected chi connectivity index (χ2v) is 11.2. The molecule has 1 saturated heterocycles. The van der Waals surface area contributed by atoms with Gasteiger partial charge in [-0.05, 0) is 46.9 Å². The molecule has 178 valence electrons. The van der Waals surface area contributed by atoms with Gasteiger partial charge in [-0.15, -0.1) is 0 Å². The summed E-state index contributed by atoms with van der Waals surface area (Å²) in [6.45, 7) is 13.1. The van der Waals surface area contributed by atoms with Gasteiger partial charge in [0.2, 0.25) is 0 Å². The highest BCUT2D eigenvalue weighted by atomic mass is 32.2. The molecule has 3 unspecified atom stereocenters. The van der Waals surface area contributed by atoms with Crippen LogP contribution in [-0.4, -0.2) is 31.5 Å². The van der Waals surface area contributed by atoms with Crippen molar-refractivity contribution in [3.63, 3.8) is 0 Å². The Morgan fingerprint density at radius 2 is 1.91 bits per heavy atom. The molecule has 0 amide bonds. The molecule has 0 saturated carbocycles. The molecule has 1 aliphatic rings. The number of azide groups is 1. The Bertz CT molecular complexity index is 981. The van der Waals surface area contributed by atoms with Crippen molar-refractivity contribution < 1.29 is 22.4 Å². The average molecular weight is 466 g/mol. The predicted octanol–water partition coefficient (Wildman–Crippen LogP) is 6.65. The number of rotatable bonds is 9. The van der Waals surface area contributed by atoms with Crippen molar-refractivity contribution in [2.45, 2.75) is 90.6 Å². The fourth-order valence-electron chi connectivity index (χ4n) is 3.63. The summed E-state index contributed by atoms with van der Waals surface area (Å²) in [6.07, 6.45) is 6.24. The number of hydrogen-bond acceptors (Lipinski definition) is 5. The number of benzene rings is 1. The summed E-state index contributed by atoms with van der Waals surface area (Å²) in [5, 5.41) is 3.40. The highest BCUT2D eigenvalue weighted by molar-refractivity contribution is 7.86. The highest BCUT2D eigenvalue weighted by Gasteiger charge is 2.39. The van der Waals surface area contributed by atoms with Gasteiger partial charge < -0.3 is 9.47 Å². The lowest BCUT2D eigenvalue weighted by molar-refractivity contribution is -0.247. The van der Waals surface area contributed by atoms with Crippen LogP contribution < -0.4 is 0 Å². The maximum Gasteiger partial charge on any atom is 0.295 e. The molecule has 1 aromatic rings. The van der Waals surface area contributed by atoms with E-state index in [1.165, 1.54) is 12.1 Å². The molecule has 0 bridgehead atoms. The maximum absolute atomic E-state index is 11.8. The van der Waals surface area contributed by atoms with Crippen LogP contribution in [0, 0.1) is 10.8 Å². The molecule has 1 N–H and O–H groups in total. The SMILES string of the molecule is CCC(C)(C)CC1CC(C(C)(C)CC)OC(C=Cc2ccc(N=[N+]=[N-])cc2S(=O)(=O)O)O1. The minimum atomic E-state index is -4.52. The molecule has 0 spiro atoms. The van der Waals surface area contributed by atoms with Gasteiger partial charge in [-0.25, -0.2) is 0 Å². The molecule has 1 aliphatic heterocycles. The van der Waals surface area contributed by atoms with E-state index in [2.05, 4.69) is 51.6 Å². The van der Waals surface area contributed by atoms with E-state index >= 15 is 0 Å². The lowest BCUT2D eigenvalue weighted by Gasteiger charge is -2.43. The second kappa shape index (κ2) is 10.4. The van der Waals surface area contributed by atoms with E-state index in [0.29, 0.717) is 0 Å². The predicted molar refractivity (Wildman–Crippen MR) is 125 cm³/mol. The van der Waals surface area contributed by atoms with Crippen LogP contribution in [0.1, 0.15) is 72.8 Å². The number of nitrogens with zero attached hydrogens (tertiary/aromatic N) is 3. The van der Waals surface area contributed by atoms with Gasteiger partial charge in [-0.3, -0.25) is 4.55 Å². The summed E-state index contributed by atoms with van der Waals surface area (Å²) in [6, 6.07) is 4.08. The van der Waals surface area contributed by atoms with Crippen LogP contribution in [0.5, 0.6) is 0 Å². The maximum atomic E-state index is 11.8. The van der Waals surface area contributed by atoms with Crippen LogP contribution in [0.3, 0.4) is 0 Å². The van der Waals surface area contributed by atoms with Gasteiger partial charge in [0.15, 0.2) is 6.29 Å². The van der Waals surface area contributed by atoms with Gasteiger partial charge in [-0.1, -0.05) is 71.3 Å². The number of hydrogen-bond donors (Lipinski definition) is 1. The Morgan fingerprint density at radius 3 is 2.47 bits per heavy atom. The third kappa shape index (κ3) is 7.05. The summed E-state index contributed by atoms with van der Waals surface area (Å²) >= 11 is 0. The first-order valence-corrected chi connectivity index (χ1v) is 12.4. The zero-order chi connectivity index (χ0) is 24.2. The van der Waals surface area contributed by atoms with Gasteiger partial charge in [0.1, 0.15) is 4.90 Å². The van der Waals surface area contributed by atoms with E-state index in [4.69, 9.17) is 15.0 Å². The fraction of sp³-hybridized carbons (Fsp3) is 0.652. The van der Waals surface area contributed by atoms with Gasteiger partial charge in [0.25, 0.3) is 10.1 Å². The molecule has 0 aliphatic carbocycles. The Balaban J connectivity index is 2.35. The lowest BCUT2D eigenvalue weighted by atomic mass is 9.77. The molecule has 0 radical (unpaired) electrons. The Morgan fingerprint density at radius 1 is 1.22 bits per heavy atom. The van der Waals surface area contributed by atoms with Crippen molar-refractivity contribution in [3.8, 4) is 0 Å². The summed E-state index contributed by atoms with van der Waals surface area (Å²) in [7, 11) is -4.52. The van der Waals surface area contributed by atoms with Crippen LogP contribution >= 0.6 is 0 Å². The van der Waals surface area contributed by atoms with Crippen molar-refractivity contribution in [3.05, 3.63) is 40.3 Å². The lowest BCUT2D eigenvalue weighted by Crippen LogP contribution is -2.45. The second-order valence-electron chi connectivity index (χ2n) is 9.80. The van der Waals surface area contributed by atoms with E-state index in [-0.39, 0.29) is 39.2 Å². The van der Waals surface area contributed by atoms with E-state index in [1.54, 1.807) is 12.2 Å². The molecule has 8 nitrogen and oxygen atoms in total. The van der Waals surface area contributed by atoms with Gasteiger partial charge >= 0.3 is 0 Å². The minimum absolute atomic E-state index is 0.0116. The van der Waals surface area contributed by atoms with Crippen LogP contribution in [0.4, 0.5) is 5.69 Å². The van der Waals surface area contributed by atoms with Gasteiger partial charge in [0.05, 0.1) is 12.2 Å². The molecule has 2 rings (SSSR count). The van der Waals surface area contributed by atoms with Gasteiger partial charge in [-0.2, -0.15) is 8.42 Å². The van der Waals surface area contributed by atoms with Gasteiger partial charge in [0, 0.05) is 17.0 Å². The molecule has 3 atom stereocenters. The van der Waals surface area contributed by atoms with Crippen molar-refractivity contribution in [2.24, 2.45) is 15.9 Å². The average Bonchev–Trinajstić information content (AvgIpc) is 2.72. The van der Waals surface area contributed by atoms with Crippen molar-refractivity contribution in [2.75, 3.05) is 0 Å². The monoisotopic (exact) mass is 465 g/mol. The normalized spacial score (nSPS) is 22.7. The zero-order valence-electron chi connectivity index (χ0n) is 19.8. The molecular formula is C23H35N3O5S. The first kappa shape index (κ1) is 26.4. The molecule has 1 fully saturated rings. The topological polar surface area (TPSA) is 122 Å². The fourth-order valence-corrected chi connectivity index (χ4v) is 4.33. The molecule has 1 aromatic carbocycles. The van der Waals surface area contributed by atoms with E-state index in [9.17, 15) is 13.0 Å². The molecule has 32 heavy (non-hydrogen) atoms. The number of ether oxygens (including phenoxy) is 2. The van der Waals surface area contributed by atoms with E-state index < -0.39 is 16.4 Å². The van der Waals surface area contributed by atoms with Crippen molar-refractivity contribution >= 4 is 21.9 Å². The van der Waals surface area contributed by atoms with Crippen molar-refractivity contribution in [1.29, 1.82) is 0 Å². The standard InChI is InChI=1S/C23H35N3O5S/c1-7-22(3,4)15-18-14-20(23(5,6)8-2)31-21(30-18)12-10-16-9-11-17(25-26-24)13-19(16)32(27,28)29/h9-13,18,20-21H,7-8,14-15H2,1-6H3,(H,27,28,29).